The van der Waals surface area contributed by atoms with Gasteiger partial charge in [0.15, 0.2) is 0 Å². The molecule has 17 heavy (non-hydrogen) atoms. The molecule has 0 unspecified atom stereocenters. The van der Waals surface area contributed by atoms with Crippen molar-refractivity contribution < 1.29 is 4.74 Å². The van der Waals surface area contributed by atoms with Crippen molar-refractivity contribution in [2.75, 3.05) is 13.6 Å². The summed E-state index contributed by atoms with van der Waals surface area (Å²) in [5, 5.41) is 15.2. The van der Waals surface area contributed by atoms with Crippen LogP contribution in [-0.2, 0) is 7.05 Å². The maximum absolute atomic E-state index is 7.85. The number of nitrogens with zero attached hydrogens (tertiary/aromatic N) is 2. The number of rotatable bonds is 6. The monoisotopic (exact) mass is 236 g/mol. The molecule has 1 aromatic heterocycles. The zero-order chi connectivity index (χ0) is 13.0. The van der Waals surface area contributed by atoms with E-state index >= 15 is 0 Å². The first-order valence-corrected chi connectivity index (χ1v) is 5.57. The van der Waals surface area contributed by atoms with Gasteiger partial charge in [-0.25, -0.2) is 4.68 Å². The molecule has 1 heterocycles. The minimum absolute atomic E-state index is 0.0196. The molecular formula is C12H20N4O. The van der Waals surface area contributed by atoms with Crippen LogP contribution >= 0.6 is 0 Å². The fourth-order valence-electron chi connectivity index (χ4n) is 1.70. The predicted molar refractivity (Wildman–Crippen MR) is 69.0 cm³/mol. The van der Waals surface area contributed by atoms with Gasteiger partial charge >= 0.3 is 0 Å². The summed E-state index contributed by atoms with van der Waals surface area (Å²) in [7, 11) is 3.69. The Hall–Kier alpha value is -1.62. The maximum Gasteiger partial charge on any atom is 0.221 e. The number of aromatic nitrogens is 2. The molecule has 0 aliphatic heterocycles. The van der Waals surface area contributed by atoms with Gasteiger partial charge in [0.2, 0.25) is 5.88 Å². The largest absolute Gasteiger partial charge is 0.473 e. The van der Waals surface area contributed by atoms with Gasteiger partial charge in [0.1, 0.15) is 6.10 Å². The van der Waals surface area contributed by atoms with E-state index in [1.54, 1.807) is 4.68 Å². The third-order valence-electron chi connectivity index (χ3n) is 2.45. The molecule has 5 heteroatoms. The second kappa shape index (κ2) is 5.63. The SMILES string of the molecule is C=CC(=N)c1c(C)nn(C)c1O[C@@H](C)CNC. The van der Waals surface area contributed by atoms with E-state index in [0.29, 0.717) is 17.2 Å². The van der Waals surface area contributed by atoms with Gasteiger partial charge < -0.3 is 15.5 Å². The zero-order valence-corrected chi connectivity index (χ0v) is 10.9. The molecule has 0 spiro atoms. The van der Waals surface area contributed by atoms with Gasteiger partial charge in [-0.2, -0.15) is 5.10 Å². The average Bonchev–Trinajstić information content (AvgIpc) is 2.53. The van der Waals surface area contributed by atoms with Crippen LogP contribution in [0.5, 0.6) is 5.88 Å². The van der Waals surface area contributed by atoms with Crippen molar-refractivity contribution >= 4 is 5.71 Å². The summed E-state index contributed by atoms with van der Waals surface area (Å²) in [5.41, 5.74) is 1.83. The van der Waals surface area contributed by atoms with Crippen LogP contribution in [0.4, 0.5) is 0 Å². The van der Waals surface area contributed by atoms with Gasteiger partial charge in [-0.3, -0.25) is 0 Å². The first-order chi connectivity index (χ1) is 8.01. The van der Waals surface area contributed by atoms with Crippen molar-refractivity contribution in [3.63, 3.8) is 0 Å². The molecule has 5 nitrogen and oxygen atoms in total. The van der Waals surface area contributed by atoms with Crippen molar-refractivity contribution in [1.29, 1.82) is 5.41 Å². The van der Waals surface area contributed by atoms with Gasteiger partial charge in [-0.05, 0) is 27.0 Å². The van der Waals surface area contributed by atoms with E-state index in [9.17, 15) is 0 Å². The third-order valence-corrected chi connectivity index (χ3v) is 2.45. The fraction of sp³-hybridized carbons (Fsp3) is 0.500. The zero-order valence-electron chi connectivity index (χ0n) is 10.9. The molecule has 1 atom stereocenters. The van der Waals surface area contributed by atoms with Crippen molar-refractivity contribution in [3.05, 3.63) is 23.9 Å². The standard InChI is InChI=1S/C12H20N4O/c1-6-10(13)11-9(3)15-16(5)12(11)17-8(2)7-14-4/h6,8,13-14H,1,7H2,2-5H3/t8-/m0/s1. The highest BCUT2D eigenvalue weighted by molar-refractivity contribution is 6.08. The number of hydrogen-bond donors (Lipinski definition) is 2. The van der Waals surface area contributed by atoms with E-state index in [2.05, 4.69) is 17.0 Å². The van der Waals surface area contributed by atoms with E-state index in [4.69, 9.17) is 10.1 Å². The van der Waals surface area contributed by atoms with Crippen LogP contribution in [0.15, 0.2) is 12.7 Å². The quantitative estimate of drug-likeness (QED) is 0.731. The average molecular weight is 236 g/mol. The van der Waals surface area contributed by atoms with Crippen molar-refractivity contribution in [2.45, 2.75) is 20.0 Å². The van der Waals surface area contributed by atoms with Crippen LogP contribution in [0, 0.1) is 12.3 Å². The lowest BCUT2D eigenvalue weighted by atomic mass is 10.1. The molecule has 0 saturated heterocycles. The molecule has 0 amide bonds. The molecule has 0 radical (unpaired) electrons. The highest BCUT2D eigenvalue weighted by Crippen LogP contribution is 2.23. The lowest BCUT2D eigenvalue weighted by Crippen LogP contribution is -2.27. The summed E-state index contributed by atoms with van der Waals surface area (Å²) in [5.74, 6) is 0.621. The van der Waals surface area contributed by atoms with Crippen LogP contribution in [0.25, 0.3) is 0 Å². The van der Waals surface area contributed by atoms with Gasteiger partial charge in [0.05, 0.1) is 17.0 Å². The van der Waals surface area contributed by atoms with Crippen LogP contribution < -0.4 is 10.1 Å². The van der Waals surface area contributed by atoms with Crippen LogP contribution in [-0.4, -0.2) is 35.2 Å². The molecule has 0 aromatic carbocycles. The van der Waals surface area contributed by atoms with Gasteiger partial charge in [0, 0.05) is 13.6 Å². The minimum atomic E-state index is 0.0196. The number of likely N-dealkylation sites (N-methyl/N-ethyl adjacent to an activating group) is 1. The Kier molecular flexibility index (Phi) is 4.45. The smallest absolute Gasteiger partial charge is 0.221 e. The summed E-state index contributed by atoms with van der Waals surface area (Å²) in [6.07, 6.45) is 1.52. The topological polar surface area (TPSA) is 62.9 Å². The molecule has 0 fully saturated rings. The van der Waals surface area contributed by atoms with Crippen LogP contribution in [0.2, 0.25) is 0 Å². The Bertz CT molecular complexity index is 422. The molecule has 0 aliphatic carbocycles. The third kappa shape index (κ3) is 2.94. The molecule has 2 N–H and O–H groups in total. The number of hydrogen-bond acceptors (Lipinski definition) is 4. The maximum atomic E-state index is 7.85. The Morgan fingerprint density at radius 1 is 1.71 bits per heavy atom. The molecule has 1 aromatic rings. The van der Waals surface area contributed by atoms with Crippen LogP contribution in [0.3, 0.4) is 0 Å². The number of nitrogens with one attached hydrogen (secondary N) is 2. The van der Waals surface area contributed by atoms with Crippen molar-refractivity contribution in [1.82, 2.24) is 15.1 Å². The number of aryl methyl sites for hydroxylation is 2. The Labute approximate surface area is 102 Å². The van der Waals surface area contributed by atoms with E-state index in [1.165, 1.54) is 6.08 Å². The predicted octanol–water partition coefficient (Wildman–Crippen LogP) is 1.27. The lowest BCUT2D eigenvalue weighted by molar-refractivity contribution is 0.202. The van der Waals surface area contributed by atoms with E-state index < -0.39 is 0 Å². The first-order valence-electron chi connectivity index (χ1n) is 5.57. The van der Waals surface area contributed by atoms with E-state index in [1.807, 2.05) is 27.9 Å². The van der Waals surface area contributed by atoms with Crippen molar-refractivity contribution in [2.24, 2.45) is 7.05 Å². The normalized spacial score (nSPS) is 12.2. The summed E-state index contributed by atoms with van der Waals surface area (Å²) in [6.45, 7) is 8.19. The summed E-state index contributed by atoms with van der Waals surface area (Å²) in [4.78, 5) is 0. The highest BCUT2D eigenvalue weighted by atomic mass is 16.5. The second-order valence-electron chi connectivity index (χ2n) is 3.99. The molecule has 1 rings (SSSR count). The molecular weight excluding hydrogens is 216 g/mol. The Balaban J connectivity index is 3.05. The van der Waals surface area contributed by atoms with Gasteiger partial charge in [-0.1, -0.05) is 6.58 Å². The molecule has 94 valence electrons. The number of allylic oxidation sites excluding steroid dienone is 1. The van der Waals surface area contributed by atoms with Crippen molar-refractivity contribution in [3.8, 4) is 5.88 Å². The number of ether oxygens (including phenoxy) is 1. The Morgan fingerprint density at radius 2 is 2.35 bits per heavy atom. The van der Waals surface area contributed by atoms with E-state index in [0.717, 1.165) is 12.2 Å². The van der Waals surface area contributed by atoms with Gasteiger partial charge in [0.25, 0.3) is 0 Å². The highest BCUT2D eigenvalue weighted by Gasteiger charge is 2.18. The molecule has 0 bridgehead atoms. The molecule has 0 saturated carbocycles. The fourth-order valence-corrected chi connectivity index (χ4v) is 1.70. The lowest BCUT2D eigenvalue weighted by Gasteiger charge is -2.15. The first kappa shape index (κ1) is 13.4. The Morgan fingerprint density at radius 3 is 2.88 bits per heavy atom. The summed E-state index contributed by atoms with van der Waals surface area (Å²) >= 11 is 0. The summed E-state index contributed by atoms with van der Waals surface area (Å²) < 4.78 is 7.47. The minimum Gasteiger partial charge on any atom is -0.473 e. The molecule has 0 aliphatic rings. The second-order valence-corrected chi connectivity index (χ2v) is 3.99. The van der Waals surface area contributed by atoms with E-state index in [-0.39, 0.29) is 6.10 Å². The van der Waals surface area contributed by atoms with Crippen LogP contribution in [0.1, 0.15) is 18.2 Å². The summed E-state index contributed by atoms with van der Waals surface area (Å²) in [6, 6.07) is 0. The van der Waals surface area contributed by atoms with Gasteiger partial charge in [-0.15, -0.1) is 0 Å².